The molecule has 106 valence electrons. The highest BCUT2D eigenvalue weighted by Crippen LogP contribution is 2.25. The summed E-state index contributed by atoms with van der Waals surface area (Å²) in [5.74, 6) is 0.535. The predicted molar refractivity (Wildman–Crippen MR) is 77.7 cm³/mol. The van der Waals surface area contributed by atoms with Gasteiger partial charge in [0.2, 0.25) is 0 Å². The third kappa shape index (κ3) is 3.78. The maximum Gasteiger partial charge on any atom is 0.151 e. The predicted octanol–water partition coefficient (Wildman–Crippen LogP) is 1.20. The van der Waals surface area contributed by atoms with Crippen molar-refractivity contribution in [1.82, 2.24) is 4.90 Å². The van der Waals surface area contributed by atoms with Gasteiger partial charge < -0.3 is 5.73 Å². The zero-order chi connectivity index (χ0) is 13.9. The second-order valence-corrected chi connectivity index (χ2v) is 7.56. The number of rotatable bonds is 3. The van der Waals surface area contributed by atoms with Crippen molar-refractivity contribution in [2.24, 2.45) is 5.73 Å². The summed E-state index contributed by atoms with van der Waals surface area (Å²) >= 11 is 0. The number of hydrogen-bond acceptors (Lipinski definition) is 4. The fraction of sp³-hybridized carbons (Fsp3) is 0.571. The van der Waals surface area contributed by atoms with Crippen LogP contribution in [0.15, 0.2) is 30.3 Å². The van der Waals surface area contributed by atoms with E-state index < -0.39 is 9.84 Å². The van der Waals surface area contributed by atoms with Gasteiger partial charge in [-0.3, -0.25) is 4.90 Å². The van der Waals surface area contributed by atoms with Crippen LogP contribution in [0.5, 0.6) is 0 Å². The first-order valence-electron chi connectivity index (χ1n) is 6.74. The van der Waals surface area contributed by atoms with Gasteiger partial charge in [0, 0.05) is 18.6 Å². The van der Waals surface area contributed by atoms with Gasteiger partial charge in [-0.2, -0.15) is 0 Å². The highest BCUT2D eigenvalue weighted by molar-refractivity contribution is 7.91. The van der Waals surface area contributed by atoms with Crippen LogP contribution < -0.4 is 5.73 Å². The van der Waals surface area contributed by atoms with Gasteiger partial charge >= 0.3 is 0 Å². The van der Waals surface area contributed by atoms with Crippen molar-refractivity contribution in [3.8, 4) is 0 Å². The molecule has 0 radical (unpaired) electrons. The molecule has 19 heavy (non-hydrogen) atoms. The SMILES string of the molecule is CC(N)C(c1ccccc1)N1CCCS(=O)(=O)CC1. The molecule has 1 aliphatic rings. The Morgan fingerprint density at radius 3 is 2.47 bits per heavy atom. The molecule has 5 heteroatoms. The van der Waals surface area contributed by atoms with Crippen LogP contribution in [-0.2, 0) is 9.84 Å². The summed E-state index contributed by atoms with van der Waals surface area (Å²) in [5, 5.41) is 0. The van der Waals surface area contributed by atoms with Crippen molar-refractivity contribution < 1.29 is 8.42 Å². The quantitative estimate of drug-likeness (QED) is 0.904. The molecular formula is C14H22N2O2S. The van der Waals surface area contributed by atoms with Crippen molar-refractivity contribution >= 4 is 9.84 Å². The first-order valence-corrected chi connectivity index (χ1v) is 8.57. The number of nitrogens with two attached hydrogens (primary N) is 1. The molecule has 2 rings (SSSR count). The van der Waals surface area contributed by atoms with Crippen LogP contribution in [0.1, 0.15) is 24.9 Å². The second kappa shape index (κ2) is 6.03. The number of hydrogen-bond donors (Lipinski definition) is 1. The number of sulfone groups is 1. The van der Waals surface area contributed by atoms with Gasteiger partial charge in [0.05, 0.1) is 11.5 Å². The summed E-state index contributed by atoms with van der Waals surface area (Å²) in [6.07, 6.45) is 0.693. The van der Waals surface area contributed by atoms with E-state index in [1.165, 1.54) is 0 Å². The first-order chi connectivity index (χ1) is 8.99. The van der Waals surface area contributed by atoms with Crippen LogP contribution in [0, 0.1) is 0 Å². The van der Waals surface area contributed by atoms with Gasteiger partial charge in [-0.15, -0.1) is 0 Å². The lowest BCUT2D eigenvalue weighted by Gasteiger charge is -2.33. The molecule has 1 saturated heterocycles. The molecule has 0 aromatic heterocycles. The van der Waals surface area contributed by atoms with E-state index in [0.717, 1.165) is 12.1 Å². The molecule has 0 saturated carbocycles. The Bertz CT molecular complexity index is 499. The van der Waals surface area contributed by atoms with Gasteiger partial charge in [0.15, 0.2) is 9.84 Å². The van der Waals surface area contributed by atoms with Crippen LogP contribution in [0.25, 0.3) is 0 Å². The molecule has 0 bridgehead atoms. The Labute approximate surface area is 115 Å². The maximum absolute atomic E-state index is 11.7. The fourth-order valence-corrected chi connectivity index (χ4v) is 4.02. The van der Waals surface area contributed by atoms with Crippen LogP contribution in [-0.4, -0.2) is 44.0 Å². The van der Waals surface area contributed by atoms with Crippen molar-refractivity contribution in [2.45, 2.75) is 25.4 Å². The normalized spacial score (nSPS) is 23.5. The number of nitrogens with zero attached hydrogens (tertiary/aromatic N) is 1. The summed E-state index contributed by atoms with van der Waals surface area (Å²) in [5.41, 5.74) is 7.29. The van der Waals surface area contributed by atoms with Gasteiger partial charge in [0.25, 0.3) is 0 Å². The Kier molecular flexibility index (Phi) is 4.60. The Morgan fingerprint density at radius 2 is 1.84 bits per heavy atom. The van der Waals surface area contributed by atoms with Gasteiger partial charge in [-0.05, 0) is 25.5 Å². The van der Waals surface area contributed by atoms with E-state index in [9.17, 15) is 8.42 Å². The molecule has 1 aromatic rings. The minimum absolute atomic E-state index is 0.0248. The molecule has 0 aliphatic carbocycles. The third-order valence-electron chi connectivity index (χ3n) is 3.62. The van der Waals surface area contributed by atoms with E-state index in [1.54, 1.807) is 0 Å². The molecule has 2 atom stereocenters. The first kappa shape index (κ1) is 14.5. The monoisotopic (exact) mass is 282 g/mol. The summed E-state index contributed by atoms with van der Waals surface area (Å²) < 4.78 is 23.4. The molecular weight excluding hydrogens is 260 g/mol. The van der Waals surface area contributed by atoms with Gasteiger partial charge in [-0.1, -0.05) is 30.3 Å². The number of benzene rings is 1. The lowest BCUT2D eigenvalue weighted by molar-refractivity contribution is 0.190. The smallest absolute Gasteiger partial charge is 0.151 e. The standard InChI is InChI=1S/C14H22N2O2S/c1-12(15)14(13-6-3-2-4-7-13)16-8-5-10-19(17,18)11-9-16/h2-4,6-7,12,14H,5,8-11,15H2,1H3. The second-order valence-electron chi connectivity index (χ2n) is 5.26. The molecule has 0 spiro atoms. The molecule has 1 aromatic carbocycles. The lowest BCUT2D eigenvalue weighted by atomic mass is 9.99. The van der Waals surface area contributed by atoms with E-state index in [0.29, 0.717) is 18.7 Å². The van der Waals surface area contributed by atoms with Crippen molar-refractivity contribution in [3.05, 3.63) is 35.9 Å². The van der Waals surface area contributed by atoms with E-state index in [1.807, 2.05) is 25.1 Å². The summed E-state index contributed by atoms with van der Waals surface area (Å²) in [7, 11) is -2.88. The summed E-state index contributed by atoms with van der Waals surface area (Å²) in [6, 6.07) is 10.2. The van der Waals surface area contributed by atoms with E-state index in [4.69, 9.17) is 5.73 Å². The van der Waals surface area contributed by atoms with E-state index >= 15 is 0 Å². The van der Waals surface area contributed by atoms with Gasteiger partial charge in [-0.25, -0.2) is 8.42 Å². The average molecular weight is 282 g/mol. The third-order valence-corrected chi connectivity index (χ3v) is 5.34. The average Bonchev–Trinajstić information content (AvgIpc) is 2.52. The minimum atomic E-state index is -2.88. The van der Waals surface area contributed by atoms with Crippen molar-refractivity contribution in [1.29, 1.82) is 0 Å². The molecule has 1 aliphatic heterocycles. The molecule has 0 amide bonds. The largest absolute Gasteiger partial charge is 0.326 e. The van der Waals surface area contributed by atoms with Crippen molar-refractivity contribution in [2.75, 3.05) is 24.6 Å². The van der Waals surface area contributed by atoms with Crippen LogP contribution in [0.4, 0.5) is 0 Å². The fourth-order valence-electron chi connectivity index (χ4n) is 2.73. The zero-order valence-corrected chi connectivity index (χ0v) is 12.1. The zero-order valence-electron chi connectivity index (χ0n) is 11.3. The minimum Gasteiger partial charge on any atom is -0.326 e. The maximum atomic E-state index is 11.7. The molecule has 1 fully saturated rings. The van der Waals surface area contributed by atoms with E-state index in [-0.39, 0.29) is 17.8 Å². The van der Waals surface area contributed by atoms with E-state index in [2.05, 4.69) is 17.0 Å². The Hall–Kier alpha value is -0.910. The van der Waals surface area contributed by atoms with Crippen LogP contribution in [0.3, 0.4) is 0 Å². The molecule has 4 nitrogen and oxygen atoms in total. The highest BCUT2D eigenvalue weighted by atomic mass is 32.2. The van der Waals surface area contributed by atoms with Gasteiger partial charge in [0.1, 0.15) is 0 Å². The van der Waals surface area contributed by atoms with Crippen LogP contribution >= 0.6 is 0 Å². The Morgan fingerprint density at radius 1 is 1.16 bits per heavy atom. The lowest BCUT2D eigenvalue weighted by Crippen LogP contribution is -2.41. The summed E-state index contributed by atoms with van der Waals surface area (Å²) in [6.45, 7) is 3.35. The van der Waals surface area contributed by atoms with Crippen molar-refractivity contribution in [3.63, 3.8) is 0 Å². The molecule has 2 unspecified atom stereocenters. The highest BCUT2D eigenvalue weighted by Gasteiger charge is 2.27. The Balaban J connectivity index is 2.21. The molecule has 1 heterocycles. The van der Waals surface area contributed by atoms with Crippen LogP contribution in [0.2, 0.25) is 0 Å². The molecule has 2 N–H and O–H groups in total. The topological polar surface area (TPSA) is 63.4 Å². The summed E-state index contributed by atoms with van der Waals surface area (Å²) in [4.78, 5) is 2.21.